The smallest absolute Gasteiger partial charge is 0.216 e. The summed E-state index contributed by atoms with van der Waals surface area (Å²) in [6.45, 7) is 13.7. The Labute approximate surface area is 315 Å². The summed E-state index contributed by atoms with van der Waals surface area (Å²) in [5.41, 5.74) is 9.69. The van der Waals surface area contributed by atoms with Gasteiger partial charge in [-0.25, -0.2) is 4.98 Å². The van der Waals surface area contributed by atoms with Crippen LogP contribution in [0.3, 0.4) is 0 Å². The number of hydrogen-bond donors (Lipinski definition) is 0. The van der Waals surface area contributed by atoms with Gasteiger partial charge in [-0.05, 0) is 60.6 Å². The van der Waals surface area contributed by atoms with Crippen molar-refractivity contribution < 1.29 is 24.5 Å². The Bertz CT molecular complexity index is 2070. The van der Waals surface area contributed by atoms with E-state index in [9.17, 15) is 0 Å². The Morgan fingerprint density at radius 2 is 1.60 bits per heavy atom. The molecule has 0 spiro atoms. The van der Waals surface area contributed by atoms with E-state index in [1.165, 1.54) is 41.2 Å². The summed E-state index contributed by atoms with van der Waals surface area (Å²) in [4.78, 5) is 14.0. The van der Waals surface area contributed by atoms with Gasteiger partial charge in [-0.2, -0.15) is 0 Å². The molecular weight excluding hydrogens is 851 g/mol. The molecular formula is C44H51GeIrN3O-2. The number of aryl methyl sites for hydroxylation is 1. The van der Waals surface area contributed by atoms with Crippen LogP contribution >= 0.6 is 0 Å². The van der Waals surface area contributed by atoms with E-state index < -0.39 is 13.3 Å². The van der Waals surface area contributed by atoms with E-state index >= 15 is 0 Å². The Morgan fingerprint density at radius 3 is 2.28 bits per heavy atom. The maximum Gasteiger partial charge on any atom is 0.216 e. The van der Waals surface area contributed by atoms with Gasteiger partial charge in [-0.3, -0.25) is 0 Å². The molecule has 4 nitrogen and oxygen atoms in total. The zero-order valence-corrected chi connectivity index (χ0v) is 35.7. The summed E-state index contributed by atoms with van der Waals surface area (Å²) >= 11 is -1.90. The number of benzene rings is 2. The normalized spacial score (nSPS) is 14.0. The summed E-state index contributed by atoms with van der Waals surface area (Å²) in [5, 5.41) is 2.11. The van der Waals surface area contributed by atoms with E-state index in [0.717, 1.165) is 56.9 Å². The van der Waals surface area contributed by atoms with Gasteiger partial charge in [0, 0.05) is 37.4 Å². The van der Waals surface area contributed by atoms with Crippen LogP contribution < -0.4 is 4.40 Å². The van der Waals surface area contributed by atoms with Crippen molar-refractivity contribution in [3.05, 3.63) is 108 Å². The fourth-order valence-electron chi connectivity index (χ4n) is 7.35. The first-order valence-corrected chi connectivity index (χ1v) is 25.2. The van der Waals surface area contributed by atoms with Gasteiger partial charge in [0.2, 0.25) is 5.71 Å². The molecule has 6 heteroatoms. The zero-order valence-electron chi connectivity index (χ0n) is 31.2. The second-order valence-corrected chi connectivity index (χ2v) is 27.2. The third-order valence-electron chi connectivity index (χ3n) is 10.1. The van der Waals surface area contributed by atoms with E-state index in [1.807, 2.05) is 49.5 Å². The van der Waals surface area contributed by atoms with Gasteiger partial charge < -0.3 is 9.40 Å². The molecule has 4 aromatic heterocycles. The molecule has 1 saturated carbocycles. The van der Waals surface area contributed by atoms with Crippen LogP contribution in [-0.4, -0.2) is 28.2 Å². The van der Waals surface area contributed by atoms with Crippen molar-refractivity contribution in [1.82, 2.24) is 15.0 Å². The average molecular weight is 903 g/mol. The number of fused-ring (bicyclic) bond motifs is 3. The minimum absolute atomic E-state index is 0. The van der Waals surface area contributed by atoms with Crippen LogP contribution in [0.4, 0.5) is 0 Å². The first-order valence-electron chi connectivity index (χ1n) is 17.8. The van der Waals surface area contributed by atoms with Crippen LogP contribution in [0.15, 0.2) is 83.5 Å². The monoisotopic (exact) mass is 904 g/mol. The van der Waals surface area contributed by atoms with Crippen molar-refractivity contribution in [2.24, 2.45) is 11.3 Å². The fourth-order valence-corrected chi connectivity index (χ4v) is 10.7. The minimum Gasteiger partial charge on any atom is -0.486 e. The summed E-state index contributed by atoms with van der Waals surface area (Å²) in [6.07, 6.45) is 10.5. The van der Waals surface area contributed by atoms with Gasteiger partial charge in [-0.15, -0.1) is 18.2 Å². The van der Waals surface area contributed by atoms with Gasteiger partial charge in [0.25, 0.3) is 0 Å². The van der Waals surface area contributed by atoms with Crippen LogP contribution in [0, 0.1) is 30.4 Å². The topological polar surface area (TPSA) is 51.8 Å². The van der Waals surface area contributed by atoms with E-state index in [4.69, 9.17) is 9.40 Å². The predicted octanol–water partition coefficient (Wildman–Crippen LogP) is 11.3. The SMILES string of the molecule is CC(C)(C)Cc1cc(-c2[c-]cccc2)nc[c]1[Ge]([CH3])([CH3])[CH3].Cc1ccc2c(n1)oc1c(-c3cc(C(C)(C)C4CCCC4)ccn3)[c-]ccc12.[Ir]. The van der Waals surface area contributed by atoms with Crippen LogP contribution in [0.1, 0.15) is 77.1 Å². The minimum atomic E-state index is -1.90. The van der Waals surface area contributed by atoms with E-state index in [0.29, 0.717) is 11.1 Å². The molecule has 263 valence electrons. The maximum atomic E-state index is 6.16. The Balaban J connectivity index is 0.000000199. The molecule has 1 fully saturated rings. The van der Waals surface area contributed by atoms with E-state index in [2.05, 4.69) is 111 Å². The molecule has 0 aliphatic heterocycles. The Hall–Kier alpha value is -3.12. The van der Waals surface area contributed by atoms with Crippen LogP contribution in [0.5, 0.6) is 0 Å². The summed E-state index contributed by atoms with van der Waals surface area (Å²) in [6, 6.07) is 29.6. The molecule has 1 aliphatic rings. The summed E-state index contributed by atoms with van der Waals surface area (Å²) < 4.78 is 7.69. The number of furan rings is 1. The summed E-state index contributed by atoms with van der Waals surface area (Å²) in [7, 11) is 0. The molecule has 4 heterocycles. The van der Waals surface area contributed by atoms with Crippen molar-refractivity contribution in [2.45, 2.75) is 96.3 Å². The molecule has 7 rings (SSSR count). The van der Waals surface area contributed by atoms with E-state index in [-0.39, 0.29) is 25.5 Å². The number of pyridine rings is 3. The Kier molecular flexibility index (Phi) is 11.6. The van der Waals surface area contributed by atoms with E-state index in [1.54, 1.807) is 0 Å². The van der Waals surface area contributed by atoms with Crippen LogP contribution in [-0.2, 0) is 31.9 Å². The third kappa shape index (κ3) is 8.49. The first-order chi connectivity index (χ1) is 23.2. The fraction of sp³-hybridized carbons (Fsp3) is 0.386. The van der Waals surface area contributed by atoms with Crippen molar-refractivity contribution in [3.63, 3.8) is 0 Å². The van der Waals surface area contributed by atoms with Gasteiger partial charge in [-0.1, -0.05) is 43.7 Å². The zero-order chi connectivity index (χ0) is 35.0. The van der Waals surface area contributed by atoms with Crippen molar-refractivity contribution in [2.75, 3.05) is 0 Å². The molecule has 0 atom stereocenters. The molecule has 50 heavy (non-hydrogen) atoms. The molecule has 0 saturated heterocycles. The molecule has 0 amide bonds. The van der Waals surface area contributed by atoms with Crippen LogP contribution in [0.25, 0.3) is 44.6 Å². The largest absolute Gasteiger partial charge is 0.486 e. The molecule has 0 unspecified atom stereocenters. The van der Waals surface area contributed by atoms with Gasteiger partial charge >= 0.3 is 132 Å². The quantitative estimate of drug-likeness (QED) is 0.123. The molecule has 1 radical (unpaired) electrons. The number of aromatic nitrogens is 3. The van der Waals surface area contributed by atoms with Gasteiger partial charge in [0.05, 0.1) is 5.58 Å². The standard InChI is InChI=1S/C25H25N2O.C19H26GeN.Ir/c1-16-11-12-20-19-9-6-10-21(23(19)28-24(20)27-16)22-15-18(13-14-26-22)25(2,3)17-7-4-5-8-17;1-19(2,3)13-16-12-18(15-10-8-7-9-11-15)21-14-17(16)20(4,5)6;/h6,9,11-15,17H,4-5,7-8H2,1-3H3;7-10,12,14H,13H2,1-6H3;/q2*-1;. The second-order valence-electron chi connectivity index (χ2n) is 16.6. The molecule has 1 aliphatic carbocycles. The number of rotatable bonds is 6. The number of hydrogen-bond acceptors (Lipinski definition) is 4. The molecule has 0 bridgehead atoms. The van der Waals surface area contributed by atoms with Gasteiger partial charge in [0.15, 0.2) is 0 Å². The van der Waals surface area contributed by atoms with Gasteiger partial charge in [0.1, 0.15) is 0 Å². The first kappa shape index (κ1) is 38.1. The second kappa shape index (κ2) is 15.2. The average Bonchev–Trinajstić information content (AvgIpc) is 3.73. The number of nitrogens with zero attached hydrogens (tertiary/aromatic N) is 3. The molecule has 2 aromatic carbocycles. The van der Waals surface area contributed by atoms with Crippen molar-refractivity contribution in [1.29, 1.82) is 0 Å². The maximum absolute atomic E-state index is 6.16. The predicted molar refractivity (Wildman–Crippen MR) is 208 cm³/mol. The Morgan fingerprint density at radius 1 is 0.840 bits per heavy atom. The van der Waals surface area contributed by atoms with Crippen molar-refractivity contribution in [3.8, 4) is 22.5 Å². The molecule has 6 aromatic rings. The third-order valence-corrected chi connectivity index (χ3v) is 14.4. The summed E-state index contributed by atoms with van der Waals surface area (Å²) in [5.74, 6) is 8.06. The van der Waals surface area contributed by atoms with Crippen molar-refractivity contribution >= 4 is 39.7 Å². The molecule has 0 N–H and O–H groups in total. The van der Waals surface area contributed by atoms with Crippen LogP contribution in [0.2, 0.25) is 17.3 Å².